The summed E-state index contributed by atoms with van der Waals surface area (Å²) >= 11 is 0. The van der Waals surface area contributed by atoms with Gasteiger partial charge in [-0.3, -0.25) is 0 Å². The summed E-state index contributed by atoms with van der Waals surface area (Å²) in [6.07, 6.45) is 0. The smallest absolute Gasteiger partial charge is 0.166 e. The third-order valence-electron chi connectivity index (χ3n) is 10.1. The van der Waals surface area contributed by atoms with Gasteiger partial charge in [-0.1, -0.05) is 164 Å². The van der Waals surface area contributed by atoms with Crippen LogP contribution in [-0.2, 0) is 0 Å². The van der Waals surface area contributed by atoms with E-state index >= 15 is 0 Å². The van der Waals surface area contributed by atoms with Gasteiger partial charge in [0.25, 0.3) is 0 Å². The summed E-state index contributed by atoms with van der Waals surface area (Å²) in [5.41, 5.74) is 7.09. The molecule has 0 unspecified atom stereocenters. The third kappa shape index (κ3) is 5.21. The van der Waals surface area contributed by atoms with Gasteiger partial charge in [0.1, 0.15) is 11.2 Å². The van der Waals surface area contributed by atoms with Gasteiger partial charge < -0.3 is 8.98 Å². The van der Waals surface area contributed by atoms with Gasteiger partial charge in [0.15, 0.2) is 17.5 Å². The number of furan rings is 1. The Kier molecular flexibility index (Phi) is 5.74. The maximum atomic E-state index is 9.29. The summed E-state index contributed by atoms with van der Waals surface area (Å²) < 4.78 is 79.7. The molecule has 11 rings (SSSR count). The first-order valence-corrected chi connectivity index (χ1v) is 18.1. The van der Waals surface area contributed by atoms with Crippen LogP contribution in [-0.4, -0.2) is 19.5 Å². The summed E-state index contributed by atoms with van der Waals surface area (Å²) in [6.45, 7) is 0. The Bertz CT molecular complexity index is 3570. The van der Waals surface area contributed by atoms with Crippen molar-refractivity contribution >= 4 is 43.7 Å². The number of hydrogen-bond donors (Lipinski definition) is 0. The van der Waals surface area contributed by atoms with Gasteiger partial charge in [0.2, 0.25) is 0 Å². The van der Waals surface area contributed by atoms with Crippen molar-refractivity contribution in [2.75, 3.05) is 0 Å². The largest absolute Gasteiger partial charge is 0.455 e. The van der Waals surface area contributed by atoms with E-state index in [0.29, 0.717) is 28.5 Å². The van der Waals surface area contributed by atoms with E-state index in [9.17, 15) is 2.74 Å². The van der Waals surface area contributed by atoms with Crippen LogP contribution in [0.2, 0.25) is 0 Å². The zero-order valence-electron chi connectivity index (χ0n) is 37.6. The monoisotopic (exact) mass is 724 g/mol. The first-order chi connectivity index (χ1) is 31.1. The molecule has 0 N–H and O–H groups in total. The minimum atomic E-state index is -0.520. The van der Waals surface area contributed by atoms with E-state index < -0.39 is 48.3 Å². The van der Waals surface area contributed by atoms with Crippen LogP contribution in [0.4, 0.5) is 0 Å². The molecule has 5 heteroatoms. The molecule has 262 valence electrons. The average Bonchev–Trinajstić information content (AvgIpc) is 3.92. The second-order valence-corrected chi connectivity index (χ2v) is 13.4. The number of nitrogens with zero attached hydrogens (tertiary/aromatic N) is 4. The maximum Gasteiger partial charge on any atom is 0.166 e. The molecule has 8 aromatic carbocycles. The molecule has 0 aliphatic rings. The lowest BCUT2D eigenvalue weighted by molar-refractivity contribution is 0.670. The number of rotatable bonds is 6. The van der Waals surface area contributed by atoms with Crippen molar-refractivity contribution < 1.29 is 15.4 Å². The van der Waals surface area contributed by atoms with Gasteiger partial charge in [-0.2, -0.15) is 0 Å². The van der Waals surface area contributed by atoms with Crippen LogP contribution in [0.1, 0.15) is 11.0 Å². The molecule has 0 atom stereocenters. The zero-order chi connectivity index (χ0) is 44.0. The SMILES string of the molecule is [2H]c1c([2H])c([2H])c2c(c1[2H])c1c([2H])c([2H])c([2H])c([2H])c1n2-c1ccc(-c2cccc3oc4c(-c5ccccc5)cccc4c23)cc1-c1nc(-c2ccccc2)nc(-c2ccccc2)n1. The molecule has 5 nitrogen and oxygen atoms in total. The zero-order valence-corrected chi connectivity index (χ0v) is 29.6. The number of fused-ring (bicyclic) bond motifs is 6. The molecule has 0 bridgehead atoms. The minimum absolute atomic E-state index is 0.0148. The Morgan fingerprint density at radius 1 is 0.429 bits per heavy atom. The van der Waals surface area contributed by atoms with Gasteiger partial charge in [0.05, 0.1) is 27.7 Å². The van der Waals surface area contributed by atoms with Crippen molar-refractivity contribution in [3.8, 4) is 62.1 Å². The van der Waals surface area contributed by atoms with Crippen LogP contribution < -0.4 is 0 Å². The standard InChI is InChI=1S/C51H32N4O/c1-4-16-33(17-5-1)38-25-14-26-41-47-37(24-15-29-46(47)56-48(38)41)36-30-31-45(55-43-27-12-10-22-39(43)40-23-11-13-28-44(40)55)42(32-36)51-53-49(34-18-6-2-7-19-34)52-50(54-51)35-20-8-3-9-21-35/h1-32H/i10D,11D,12D,13D,22D,23D,27D,28D. The van der Waals surface area contributed by atoms with Crippen molar-refractivity contribution in [1.29, 1.82) is 0 Å². The second kappa shape index (κ2) is 13.0. The normalized spacial score (nSPS) is 13.6. The molecule has 56 heavy (non-hydrogen) atoms. The van der Waals surface area contributed by atoms with Gasteiger partial charge in [-0.15, -0.1) is 0 Å². The lowest BCUT2D eigenvalue weighted by Crippen LogP contribution is -2.04. The van der Waals surface area contributed by atoms with E-state index in [-0.39, 0.29) is 27.6 Å². The molecule has 0 radical (unpaired) electrons. The van der Waals surface area contributed by atoms with Crippen LogP contribution in [0.25, 0.3) is 106 Å². The highest BCUT2D eigenvalue weighted by atomic mass is 16.3. The van der Waals surface area contributed by atoms with Crippen LogP contribution in [0.5, 0.6) is 0 Å². The third-order valence-corrected chi connectivity index (χ3v) is 10.1. The molecule has 11 aromatic rings. The van der Waals surface area contributed by atoms with E-state index in [1.54, 1.807) is 6.07 Å². The fraction of sp³-hybridized carbons (Fsp3) is 0. The van der Waals surface area contributed by atoms with E-state index in [1.807, 2.05) is 140 Å². The first-order valence-electron chi connectivity index (χ1n) is 22.1. The van der Waals surface area contributed by atoms with Crippen molar-refractivity contribution in [2.45, 2.75) is 0 Å². The highest BCUT2D eigenvalue weighted by Gasteiger charge is 2.22. The van der Waals surface area contributed by atoms with E-state index in [1.165, 1.54) is 4.57 Å². The summed E-state index contributed by atoms with van der Waals surface area (Å²) in [5, 5.41) is 1.72. The fourth-order valence-electron chi connectivity index (χ4n) is 7.60. The highest BCUT2D eigenvalue weighted by molar-refractivity contribution is 6.16. The van der Waals surface area contributed by atoms with Crippen LogP contribution in [0.15, 0.2) is 198 Å². The molecule has 0 fully saturated rings. The Hall–Kier alpha value is -7.63. The summed E-state index contributed by atoms with van der Waals surface area (Å²) in [4.78, 5) is 15.1. The summed E-state index contributed by atoms with van der Waals surface area (Å²) in [7, 11) is 0. The first kappa shape index (κ1) is 24.6. The Balaban J connectivity index is 1.28. The molecule has 0 saturated carbocycles. The summed E-state index contributed by atoms with van der Waals surface area (Å²) in [5.74, 6) is 0.975. The Morgan fingerprint density at radius 2 is 0.982 bits per heavy atom. The Morgan fingerprint density at radius 3 is 1.62 bits per heavy atom. The van der Waals surface area contributed by atoms with Gasteiger partial charge >= 0.3 is 0 Å². The molecule has 0 aliphatic heterocycles. The second-order valence-electron chi connectivity index (χ2n) is 13.4. The molecular weight excluding hydrogens is 685 g/mol. The van der Waals surface area contributed by atoms with E-state index in [0.717, 1.165) is 49.7 Å². The van der Waals surface area contributed by atoms with Gasteiger partial charge in [0, 0.05) is 43.8 Å². The van der Waals surface area contributed by atoms with Crippen LogP contribution in [0.3, 0.4) is 0 Å². The molecule has 0 spiro atoms. The number of hydrogen-bond acceptors (Lipinski definition) is 4. The van der Waals surface area contributed by atoms with Crippen molar-refractivity contribution in [1.82, 2.24) is 19.5 Å². The van der Waals surface area contributed by atoms with Crippen molar-refractivity contribution in [3.63, 3.8) is 0 Å². The maximum absolute atomic E-state index is 9.29. The van der Waals surface area contributed by atoms with Crippen molar-refractivity contribution in [3.05, 3.63) is 194 Å². The average molecular weight is 725 g/mol. The van der Waals surface area contributed by atoms with Gasteiger partial charge in [-0.05, 0) is 47.0 Å². The number of para-hydroxylation sites is 3. The number of aromatic nitrogens is 4. The van der Waals surface area contributed by atoms with Crippen LogP contribution >= 0.6 is 0 Å². The molecule has 0 saturated heterocycles. The van der Waals surface area contributed by atoms with Crippen molar-refractivity contribution in [2.24, 2.45) is 0 Å². The Labute approximate surface area is 334 Å². The topological polar surface area (TPSA) is 56.7 Å². The molecule has 3 aromatic heterocycles. The molecular formula is C51H32N4O. The predicted molar refractivity (Wildman–Crippen MR) is 229 cm³/mol. The lowest BCUT2D eigenvalue weighted by atomic mass is 9.95. The highest BCUT2D eigenvalue weighted by Crippen LogP contribution is 2.43. The molecule has 0 aliphatic carbocycles. The van der Waals surface area contributed by atoms with E-state index in [4.69, 9.17) is 27.6 Å². The number of benzene rings is 8. The van der Waals surface area contributed by atoms with E-state index in [2.05, 4.69) is 0 Å². The summed E-state index contributed by atoms with van der Waals surface area (Å²) in [6, 6.07) is 42.9. The fourth-order valence-corrected chi connectivity index (χ4v) is 7.60. The predicted octanol–water partition coefficient (Wildman–Crippen LogP) is 13.2. The minimum Gasteiger partial charge on any atom is -0.455 e. The molecule has 3 heterocycles. The van der Waals surface area contributed by atoms with Gasteiger partial charge in [-0.25, -0.2) is 15.0 Å². The lowest BCUT2D eigenvalue weighted by Gasteiger charge is -2.16. The van der Waals surface area contributed by atoms with Crippen LogP contribution in [0, 0.1) is 0 Å². The molecule has 0 amide bonds. The quantitative estimate of drug-likeness (QED) is 0.171.